The van der Waals surface area contributed by atoms with Crippen LogP contribution >= 0.6 is 0 Å². The zero-order chi connectivity index (χ0) is 15.2. The van der Waals surface area contributed by atoms with Crippen molar-refractivity contribution in [2.45, 2.75) is 26.8 Å². The zero-order valence-corrected chi connectivity index (χ0v) is 12.4. The Morgan fingerprint density at radius 3 is 2.52 bits per heavy atom. The molecule has 110 valence electrons. The number of nitrogens with two attached hydrogens (primary N) is 1. The molecule has 0 aromatic heterocycles. The number of hydrogen-bond acceptors (Lipinski definition) is 3. The smallest absolute Gasteiger partial charge is 0.253 e. The molecule has 4 N–H and O–H groups in total. The molecule has 4 heteroatoms. The number of anilines is 1. The second kappa shape index (κ2) is 6.90. The van der Waals surface area contributed by atoms with Gasteiger partial charge in [0, 0.05) is 6.54 Å². The van der Waals surface area contributed by atoms with Gasteiger partial charge >= 0.3 is 0 Å². The summed E-state index contributed by atoms with van der Waals surface area (Å²) in [7, 11) is 0. The van der Waals surface area contributed by atoms with Crippen molar-refractivity contribution in [3.63, 3.8) is 0 Å². The van der Waals surface area contributed by atoms with Crippen LogP contribution in [0.5, 0.6) is 0 Å². The van der Waals surface area contributed by atoms with Crippen LogP contribution in [0.2, 0.25) is 0 Å². The van der Waals surface area contributed by atoms with Crippen molar-refractivity contribution >= 4 is 11.6 Å². The first-order chi connectivity index (χ1) is 10.2. The maximum absolute atomic E-state index is 12.3. The Morgan fingerprint density at radius 2 is 1.86 bits per heavy atom. The summed E-state index contributed by atoms with van der Waals surface area (Å²) in [6.45, 7) is 4.58. The molecule has 0 bridgehead atoms. The maximum Gasteiger partial charge on any atom is 0.253 e. The lowest BCUT2D eigenvalue weighted by atomic mass is 10.0. The fourth-order valence-corrected chi connectivity index (χ4v) is 2.32. The number of rotatable bonds is 5. The first-order valence-electron chi connectivity index (χ1n) is 7.08. The van der Waals surface area contributed by atoms with Crippen molar-refractivity contribution in [2.24, 2.45) is 5.84 Å². The summed E-state index contributed by atoms with van der Waals surface area (Å²) >= 11 is 0. The van der Waals surface area contributed by atoms with Gasteiger partial charge in [-0.15, -0.1) is 0 Å². The van der Waals surface area contributed by atoms with Gasteiger partial charge in [0.15, 0.2) is 0 Å². The van der Waals surface area contributed by atoms with Gasteiger partial charge in [-0.2, -0.15) is 0 Å². The van der Waals surface area contributed by atoms with E-state index in [1.54, 1.807) is 6.07 Å². The first-order valence-corrected chi connectivity index (χ1v) is 7.08. The van der Waals surface area contributed by atoms with Crippen molar-refractivity contribution in [3.8, 4) is 0 Å². The number of hydrogen-bond donors (Lipinski definition) is 3. The van der Waals surface area contributed by atoms with E-state index in [0.29, 0.717) is 17.8 Å². The molecular formula is C17H21N3O. The molecule has 0 aliphatic rings. The molecule has 2 aromatic carbocycles. The van der Waals surface area contributed by atoms with Crippen molar-refractivity contribution in [2.75, 3.05) is 5.43 Å². The highest BCUT2D eigenvalue weighted by atomic mass is 16.1. The molecule has 0 saturated heterocycles. The number of carbonyl (C=O) groups excluding carboxylic acids is 1. The molecule has 21 heavy (non-hydrogen) atoms. The molecule has 0 spiro atoms. The second-order valence-electron chi connectivity index (χ2n) is 5.00. The van der Waals surface area contributed by atoms with Crippen LogP contribution < -0.4 is 16.6 Å². The van der Waals surface area contributed by atoms with E-state index in [9.17, 15) is 4.79 Å². The van der Waals surface area contributed by atoms with E-state index >= 15 is 0 Å². The summed E-state index contributed by atoms with van der Waals surface area (Å²) in [4.78, 5) is 12.3. The highest BCUT2D eigenvalue weighted by molar-refractivity contribution is 5.99. The molecule has 0 heterocycles. The Morgan fingerprint density at radius 1 is 1.14 bits per heavy atom. The molecule has 0 saturated carbocycles. The fraction of sp³-hybridized carbons (Fsp3) is 0.235. The van der Waals surface area contributed by atoms with Crippen molar-refractivity contribution in [1.29, 1.82) is 0 Å². The molecule has 0 atom stereocenters. The summed E-state index contributed by atoms with van der Waals surface area (Å²) in [5, 5.41) is 2.95. The minimum Gasteiger partial charge on any atom is -0.348 e. The van der Waals surface area contributed by atoms with E-state index in [4.69, 9.17) is 5.84 Å². The van der Waals surface area contributed by atoms with Gasteiger partial charge in [0.25, 0.3) is 5.91 Å². The van der Waals surface area contributed by atoms with Gasteiger partial charge < -0.3 is 10.7 Å². The zero-order valence-electron chi connectivity index (χ0n) is 12.4. The summed E-state index contributed by atoms with van der Waals surface area (Å²) in [6, 6.07) is 13.7. The highest BCUT2D eigenvalue weighted by Crippen LogP contribution is 2.17. The topological polar surface area (TPSA) is 67.2 Å². The van der Waals surface area contributed by atoms with E-state index in [2.05, 4.69) is 23.7 Å². The van der Waals surface area contributed by atoms with Gasteiger partial charge in [-0.05, 0) is 42.2 Å². The average molecular weight is 283 g/mol. The van der Waals surface area contributed by atoms with E-state index in [1.807, 2.05) is 37.3 Å². The fourth-order valence-electron chi connectivity index (χ4n) is 2.32. The lowest BCUT2D eigenvalue weighted by molar-refractivity contribution is 0.0951. The van der Waals surface area contributed by atoms with E-state index in [-0.39, 0.29) is 5.91 Å². The van der Waals surface area contributed by atoms with E-state index < -0.39 is 0 Å². The molecule has 1 amide bonds. The van der Waals surface area contributed by atoms with Crippen LogP contribution in [-0.2, 0) is 13.0 Å². The van der Waals surface area contributed by atoms with Gasteiger partial charge in [0.1, 0.15) is 0 Å². The van der Waals surface area contributed by atoms with Gasteiger partial charge in [0.05, 0.1) is 11.3 Å². The molecule has 0 radical (unpaired) electrons. The predicted molar refractivity (Wildman–Crippen MR) is 86.0 cm³/mol. The number of benzene rings is 2. The van der Waals surface area contributed by atoms with Gasteiger partial charge in [-0.3, -0.25) is 10.6 Å². The molecule has 0 aliphatic heterocycles. The number of amides is 1. The van der Waals surface area contributed by atoms with Gasteiger partial charge in [0.2, 0.25) is 0 Å². The third kappa shape index (κ3) is 3.61. The minimum absolute atomic E-state index is 0.131. The summed E-state index contributed by atoms with van der Waals surface area (Å²) in [5.41, 5.74) is 7.21. The highest BCUT2D eigenvalue weighted by Gasteiger charge is 2.11. The largest absolute Gasteiger partial charge is 0.348 e. The quantitative estimate of drug-likeness (QED) is 0.584. The number of nitrogen functional groups attached to an aromatic ring is 1. The number of hydrazine groups is 1. The standard InChI is InChI=1S/C17H21N3O/c1-3-13-6-4-5-7-14(13)11-19-17(21)15-9-8-12(2)10-16(15)20-18/h4-10,20H,3,11,18H2,1-2H3,(H,19,21). The van der Waals surface area contributed by atoms with E-state index in [0.717, 1.165) is 17.5 Å². The number of nitrogens with one attached hydrogen (secondary N) is 2. The summed E-state index contributed by atoms with van der Waals surface area (Å²) in [5.74, 6) is 5.35. The van der Waals surface area contributed by atoms with E-state index in [1.165, 1.54) is 5.56 Å². The van der Waals surface area contributed by atoms with Crippen LogP contribution in [0.4, 0.5) is 5.69 Å². The molecule has 0 unspecified atom stereocenters. The van der Waals surface area contributed by atoms with Crippen LogP contribution in [-0.4, -0.2) is 5.91 Å². The average Bonchev–Trinajstić information content (AvgIpc) is 2.52. The number of carbonyl (C=O) groups is 1. The van der Waals surface area contributed by atoms with Crippen molar-refractivity contribution in [3.05, 3.63) is 64.7 Å². The lowest BCUT2D eigenvalue weighted by Crippen LogP contribution is -2.25. The maximum atomic E-state index is 12.3. The van der Waals surface area contributed by atoms with Crippen LogP contribution in [0.25, 0.3) is 0 Å². The van der Waals surface area contributed by atoms with Crippen LogP contribution in [0, 0.1) is 6.92 Å². The monoisotopic (exact) mass is 283 g/mol. The Hall–Kier alpha value is -2.33. The Balaban J connectivity index is 2.12. The summed E-state index contributed by atoms with van der Waals surface area (Å²) < 4.78 is 0. The second-order valence-corrected chi connectivity index (χ2v) is 5.00. The minimum atomic E-state index is -0.131. The Labute approximate surface area is 125 Å². The van der Waals surface area contributed by atoms with Crippen LogP contribution in [0.1, 0.15) is 34.0 Å². The number of aryl methyl sites for hydroxylation is 2. The Bertz CT molecular complexity index is 638. The predicted octanol–water partition coefficient (Wildman–Crippen LogP) is 2.77. The normalized spacial score (nSPS) is 10.2. The molecule has 4 nitrogen and oxygen atoms in total. The van der Waals surface area contributed by atoms with Crippen molar-refractivity contribution in [1.82, 2.24) is 5.32 Å². The third-order valence-corrected chi connectivity index (χ3v) is 3.51. The lowest BCUT2D eigenvalue weighted by Gasteiger charge is -2.12. The summed E-state index contributed by atoms with van der Waals surface area (Å²) in [6.07, 6.45) is 0.951. The molecular weight excluding hydrogens is 262 g/mol. The molecule has 0 fully saturated rings. The SMILES string of the molecule is CCc1ccccc1CNC(=O)c1ccc(C)cc1NN. The molecule has 2 rings (SSSR count). The van der Waals surface area contributed by atoms with Crippen molar-refractivity contribution < 1.29 is 4.79 Å². The third-order valence-electron chi connectivity index (χ3n) is 3.51. The Kier molecular flexibility index (Phi) is 4.95. The first kappa shape index (κ1) is 15.1. The van der Waals surface area contributed by atoms with Gasteiger partial charge in [-0.25, -0.2) is 0 Å². The van der Waals surface area contributed by atoms with Gasteiger partial charge in [-0.1, -0.05) is 37.3 Å². The molecule has 0 aliphatic carbocycles. The van der Waals surface area contributed by atoms with Crippen LogP contribution in [0.15, 0.2) is 42.5 Å². The molecule has 2 aromatic rings. The van der Waals surface area contributed by atoms with Crippen LogP contribution in [0.3, 0.4) is 0 Å².